The minimum absolute atomic E-state index is 0.0495. The molecule has 6 rings (SSSR count). The minimum atomic E-state index is -0.0495. The molecule has 0 unspecified atom stereocenters. The van der Waals surface area contributed by atoms with Crippen LogP contribution in [0.1, 0.15) is 22.4 Å². The molecule has 0 fully saturated rings. The molecule has 0 atom stereocenters. The van der Waals surface area contributed by atoms with Crippen LogP contribution >= 0.6 is 0 Å². The van der Waals surface area contributed by atoms with Gasteiger partial charge in [-0.3, -0.25) is 4.79 Å². The number of aromatic nitrogens is 3. The molecule has 0 saturated heterocycles. The van der Waals surface area contributed by atoms with Crippen LogP contribution in [0.2, 0.25) is 0 Å². The van der Waals surface area contributed by atoms with Gasteiger partial charge in [0.05, 0.1) is 24.5 Å². The lowest BCUT2D eigenvalue weighted by Crippen LogP contribution is -2.24. The predicted molar refractivity (Wildman–Crippen MR) is 123 cm³/mol. The fourth-order valence-electron chi connectivity index (χ4n) is 4.36. The molecule has 4 heterocycles. The lowest BCUT2D eigenvalue weighted by atomic mass is 10.2. The van der Waals surface area contributed by atoms with Crippen molar-refractivity contribution in [3.8, 4) is 23.0 Å². The van der Waals surface area contributed by atoms with Crippen LogP contribution in [-0.4, -0.2) is 31.9 Å². The molecule has 7 nitrogen and oxygen atoms in total. The van der Waals surface area contributed by atoms with Gasteiger partial charge in [0.25, 0.3) is 0 Å². The van der Waals surface area contributed by atoms with Gasteiger partial charge in [-0.2, -0.15) is 5.10 Å². The van der Waals surface area contributed by atoms with E-state index in [0.29, 0.717) is 18.8 Å². The van der Waals surface area contributed by atoms with E-state index in [1.165, 1.54) is 0 Å². The van der Waals surface area contributed by atoms with Gasteiger partial charge in [0.1, 0.15) is 5.82 Å². The molecule has 2 aromatic heterocycles. The van der Waals surface area contributed by atoms with E-state index in [2.05, 4.69) is 23.6 Å². The summed E-state index contributed by atoms with van der Waals surface area (Å²) < 4.78 is 14.8. The second-order valence-corrected chi connectivity index (χ2v) is 8.18. The first-order valence-corrected chi connectivity index (χ1v) is 10.8. The third-order valence-electron chi connectivity index (χ3n) is 6.05. The van der Waals surface area contributed by atoms with Crippen molar-refractivity contribution in [2.24, 2.45) is 0 Å². The van der Waals surface area contributed by atoms with Crippen molar-refractivity contribution in [1.29, 1.82) is 0 Å². The van der Waals surface area contributed by atoms with E-state index in [1.54, 1.807) is 12.2 Å². The summed E-state index contributed by atoms with van der Waals surface area (Å²) in [7, 11) is 0. The Morgan fingerprint density at radius 2 is 1.82 bits per heavy atom. The number of para-hydroxylation sites is 1. The van der Waals surface area contributed by atoms with Crippen LogP contribution in [0.25, 0.3) is 17.6 Å². The number of benzene rings is 2. The van der Waals surface area contributed by atoms with Gasteiger partial charge in [0.15, 0.2) is 11.5 Å². The maximum Gasteiger partial charge on any atom is 0.247 e. The van der Waals surface area contributed by atoms with E-state index in [0.717, 1.165) is 39.6 Å². The molecule has 1 amide bonds. The van der Waals surface area contributed by atoms with E-state index in [9.17, 15) is 4.79 Å². The topological polar surface area (TPSA) is 61.5 Å². The summed E-state index contributed by atoms with van der Waals surface area (Å²) in [6.07, 6.45) is 7.43. The molecule has 2 aliphatic rings. The van der Waals surface area contributed by atoms with E-state index >= 15 is 0 Å². The largest absolute Gasteiger partial charge is 0.454 e. The average molecular weight is 438 g/mol. The van der Waals surface area contributed by atoms with E-state index in [-0.39, 0.29) is 12.7 Å². The first kappa shape index (κ1) is 19.4. The Bertz CT molecular complexity index is 1380. The van der Waals surface area contributed by atoms with Gasteiger partial charge in [-0.1, -0.05) is 24.3 Å². The molecular weight excluding hydrogens is 416 g/mol. The molecule has 164 valence electrons. The standard InChI is InChI=1S/C26H22N4O3/c1-18-6-2-3-7-22(18)30-26(28-12-4-5-13-28)20-15-29(16-21(20)27-30)25(31)11-9-19-8-10-23-24(14-19)33-17-32-23/h2-14H,15-17H2,1H3/b11-9+. The van der Waals surface area contributed by atoms with Gasteiger partial charge in [-0.25, -0.2) is 4.68 Å². The zero-order chi connectivity index (χ0) is 22.4. The van der Waals surface area contributed by atoms with Gasteiger partial charge in [0.2, 0.25) is 12.7 Å². The molecule has 0 N–H and O–H groups in total. The average Bonchev–Trinajstić information content (AvgIpc) is 3.61. The predicted octanol–water partition coefficient (Wildman–Crippen LogP) is 4.26. The lowest BCUT2D eigenvalue weighted by Gasteiger charge is -2.16. The number of hydrogen-bond acceptors (Lipinski definition) is 4. The molecule has 4 aromatic rings. The summed E-state index contributed by atoms with van der Waals surface area (Å²) in [5, 5.41) is 4.92. The van der Waals surface area contributed by atoms with Crippen molar-refractivity contribution in [1.82, 2.24) is 19.2 Å². The first-order valence-electron chi connectivity index (χ1n) is 10.8. The zero-order valence-electron chi connectivity index (χ0n) is 18.1. The van der Waals surface area contributed by atoms with E-state index < -0.39 is 0 Å². The van der Waals surface area contributed by atoms with Gasteiger partial charge >= 0.3 is 0 Å². The van der Waals surface area contributed by atoms with Crippen molar-refractivity contribution < 1.29 is 14.3 Å². The number of fused-ring (bicyclic) bond motifs is 2. The van der Waals surface area contributed by atoms with Gasteiger partial charge < -0.3 is 18.9 Å². The fourth-order valence-corrected chi connectivity index (χ4v) is 4.36. The van der Waals surface area contributed by atoms with Gasteiger partial charge in [-0.15, -0.1) is 0 Å². The SMILES string of the molecule is Cc1ccccc1-n1nc2c(c1-n1cccc1)CN(C(=O)/C=C/c1ccc3c(c1)OCO3)C2. The maximum absolute atomic E-state index is 13.0. The van der Waals surface area contributed by atoms with Crippen LogP contribution in [0.4, 0.5) is 0 Å². The highest BCUT2D eigenvalue weighted by atomic mass is 16.7. The maximum atomic E-state index is 13.0. The quantitative estimate of drug-likeness (QED) is 0.447. The summed E-state index contributed by atoms with van der Waals surface area (Å²) in [5.74, 6) is 2.35. The number of rotatable bonds is 4. The number of hydrogen-bond donors (Lipinski definition) is 0. The molecule has 0 radical (unpaired) electrons. The summed E-state index contributed by atoms with van der Waals surface area (Å²) >= 11 is 0. The highest BCUT2D eigenvalue weighted by Gasteiger charge is 2.30. The van der Waals surface area contributed by atoms with Crippen molar-refractivity contribution in [2.45, 2.75) is 20.0 Å². The molecule has 0 saturated carbocycles. The second-order valence-electron chi connectivity index (χ2n) is 8.18. The normalized spacial score (nSPS) is 14.3. The summed E-state index contributed by atoms with van der Waals surface area (Å²) in [6, 6.07) is 17.8. The molecule has 2 aromatic carbocycles. The summed E-state index contributed by atoms with van der Waals surface area (Å²) in [4.78, 5) is 14.8. The molecule has 33 heavy (non-hydrogen) atoms. The number of carbonyl (C=O) groups excluding carboxylic acids is 1. The monoisotopic (exact) mass is 438 g/mol. The minimum Gasteiger partial charge on any atom is -0.454 e. The van der Waals surface area contributed by atoms with Crippen LogP contribution < -0.4 is 9.47 Å². The van der Waals surface area contributed by atoms with Crippen LogP contribution in [0.3, 0.4) is 0 Å². The smallest absolute Gasteiger partial charge is 0.247 e. The Labute approximate surface area is 191 Å². The summed E-state index contributed by atoms with van der Waals surface area (Å²) in [6.45, 7) is 3.31. The van der Waals surface area contributed by atoms with Crippen LogP contribution in [0.15, 0.2) is 73.1 Å². The second kappa shape index (κ2) is 7.70. The third kappa shape index (κ3) is 3.38. The Morgan fingerprint density at radius 1 is 1.00 bits per heavy atom. The van der Waals surface area contributed by atoms with Crippen LogP contribution in [0.5, 0.6) is 11.5 Å². The summed E-state index contributed by atoms with van der Waals surface area (Å²) in [5.41, 5.74) is 5.07. The molecule has 0 bridgehead atoms. The van der Waals surface area contributed by atoms with E-state index in [4.69, 9.17) is 14.6 Å². The number of nitrogens with zero attached hydrogens (tertiary/aromatic N) is 4. The van der Waals surface area contributed by atoms with Crippen LogP contribution in [0, 0.1) is 6.92 Å². The number of aryl methyl sites for hydroxylation is 1. The van der Waals surface area contributed by atoms with Crippen molar-refractivity contribution in [3.63, 3.8) is 0 Å². The fraction of sp³-hybridized carbons (Fsp3) is 0.154. The Hall–Kier alpha value is -4.26. The molecule has 0 aliphatic carbocycles. The number of ether oxygens (including phenoxy) is 2. The molecule has 7 heteroatoms. The zero-order valence-corrected chi connectivity index (χ0v) is 18.1. The third-order valence-corrected chi connectivity index (χ3v) is 6.05. The van der Waals surface area contributed by atoms with Crippen molar-refractivity contribution >= 4 is 12.0 Å². The van der Waals surface area contributed by atoms with Crippen LogP contribution in [-0.2, 0) is 17.9 Å². The highest BCUT2D eigenvalue weighted by molar-refractivity contribution is 5.92. The lowest BCUT2D eigenvalue weighted by molar-refractivity contribution is -0.126. The Morgan fingerprint density at radius 3 is 2.67 bits per heavy atom. The van der Waals surface area contributed by atoms with Gasteiger partial charge in [0, 0.05) is 24.0 Å². The Kier molecular flexibility index (Phi) is 4.54. The molecule has 2 aliphatic heterocycles. The van der Waals surface area contributed by atoms with Crippen molar-refractivity contribution in [2.75, 3.05) is 6.79 Å². The highest BCUT2D eigenvalue weighted by Crippen LogP contribution is 2.33. The first-order chi connectivity index (χ1) is 16.2. The molecule has 0 spiro atoms. The number of amides is 1. The van der Waals surface area contributed by atoms with Gasteiger partial charge in [-0.05, 0) is 54.5 Å². The van der Waals surface area contributed by atoms with Crippen molar-refractivity contribution in [3.05, 3.63) is 95.5 Å². The number of carbonyl (C=O) groups is 1. The Balaban J connectivity index is 1.28. The molecular formula is C26H22N4O3. The van der Waals surface area contributed by atoms with E-state index in [1.807, 2.05) is 64.4 Å².